The minimum atomic E-state index is 0.535. The van der Waals surface area contributed by atoms with E-state index >= 15 is 0 Å². The minimum absolute atomic E-state index is 0.535. The van der Waals surface area contributed by atoms with E-state index in [0.29, 0.717) is 12.1 Å². The van der Waals surface area contributed by atoms with Gasteiger partial charge in [0.2, 0.25) is 0 Å². The fourth-order valence-electron chi connectivity index (χ4n) is 3.48. The van der Waals surface area contributed by atoms with Gasteiger partial charge in [-0.1, -0.05) is 36.6 Å². The van der Waals surface area contributed by atoms with Crippen LogP contribution in [0.5, 0.6) is 0 Å². The summed E-state index contributed by atoms with van der Waals surface area (Å²) in [5, 5.41) is 4.75. The van der Waals surface area contributed by atoms with Gasteiger partial charge in [-0.2, -0.15) is 0 Å². The molecule has 0 heterocycles. The molecule has 0 radical (unpaired) electrons. The number of nitrogens with one attached hydrogen (secondary N) is 1. The molecule has 2 heteroatoms. The Kier molecular flexibility index (Phi) is 4.14. The van der Waals surface area contributed by atoms with E-state index in [1.165, 1.54) is 44.1 Å². The summed E-state index contributed by atoms with van der Waals surface area (Å²) in [5.41, 5.74) is 1.41. The monoisotopic (exact) mass is 277 g/mol. The summed E-state index contributed by atoms with van der Waals surface area (Å²) in [6.07, 6.45) is 8.41. The first-order valence-corrected chi connectivity index (χ1v) is 8.13. The Morgan fingerprint density at radius 2 is 1.63 bits per heavy atom. The molecule has 2 unspecified atom stereocenters. The van der Waals surface area contributed by atoms with Crippen LogP contribution in [-0.4, -0.2) is 6.04 Å². The molecule has 1 nitrogen and oxygen atoms in total. The first-order valence-electron chi connectivity index (χ1n) is 7.75. The third kappa shape index (κ3) is 3.32. The van der Waals surface area contributed by atoms with E-state index in [0.717, 1.165) is 16.9 Å². The summed E-state index contributed by atoms with van der Waals surface area (Å²) in [7, 11) is 0. The average molecular weight is 278 g/mol. The molecular formula is C17H24ClN. The zero-order valence-electron chi connectivity index (χ0n) is 11.7. The van der Waals surface area contributed by atoms with E-state index in [4.69, 9.17) is 11.6 Å². The van der Waals surface area contributed by atoms with Crippen LogP contribution >= 0.6 is 11.6 Å². The lowest BCUT2D eigenvalue weighted by Gasteiger charge is -2.27. The lowest BCUT2D eigenvalue weighted by atomic mass is 9.95. The number of hydrogen-bond acceptors (Lipinski definition) is 1. The number of rotatable bonds is 5. The summed E-state index contributed by atoms with van der Waals surface area (Å²) in [6, 6.07) is 9.61. The molecule has 0 saturated heterocycles. The number of hydrogen-bond donors (Lipinski definition) is 1. The van der Waals surface area contributed by atoms with Crippen molar-refractivity contribution in [2.75, 3.05) is 0 Å². The van der Waals surface area contributed by atoms with Gasteiger partial charge >= 0.3 is 0 Å². The van der Waals surface area contributed by atoms with Crippen LogP contribution < -0.4 is 5.32 Å². The lowest BCUT2D eigenvalue weighted by molar-refractivity contribution is 0.327. The van der Waals surface area contributed by atoms with Crippen molar-refractivity contribution < 1.29 is 0 Å². The predicted molar refractivity (Wildman–Crippen MR) is 81.5 cm³/mol. The molecule has 1 N–H and O–H groups in total. The Labute approximate surface area is 121 Å². The van der Waals surface area contributed by atoms with Crippen LogP contribution in [0.3, 0.4) is 0 Å². The molecule has 2 saturated carbocycles. The number of halogens is 1. The standard InChI is InChI=1S/C17H24ClN/c1-12(13-4-2-3-5-13)19-17(14-6-7-14)15-8-10-16(18)11-9-15/h8-14,17,19H,2-7H2,1H3. The van der Waals surface area contributed by atoms with E-state index in [-0.39, 0.29) is 0 Å². The Balaban J connectivity index is 1.68. The zero-order chi connectivity index (χ0) is 13.2. The van der Waals surface area contributed by atoms with Crippen LogP contribution in [0.25, 0.3) is 0 Å². The van der Waals surface area contributed by atoms with E-state index in [1.807, 2.05) is 12.1 Å². The average Bonchev–Trinajstić information content (AvgIpc) is 3.10. The van der Waals surface area contributed by atoms with Gasteiger partial charge in [0.1, 0.15) is 0 Å². The maximum Gasteiger partial charge on any atom is 0.0406 e. The molecule has 2 fully saturated rings. The fourth-order valence-corrected chi connectivity index (χ4v) is 3.61. The largest absolute Gasteiger partial charge is 0.307 e. The summed E-state index contributed by atoms with van der Waals surface area (Å²) >= 11 is 6.00. The van der Waals surface area contributed by atoms with Crippen molar-refractivity contribution in [1.29, 1.82) is 0 Å². The van der Waals surface area contributed by atoms with Gasteiger partial charge in [0.05, 0.1) is 0 Å². The number of benzene rings is 1. The molecule has 19 heavy (non-hydrogen) atoms. The quantitative estimate of drug-likeness (QED) is 0.802. The Morgan fingerprint density at radius 3 is 2.21 bits per heavy atom. The van der Waals surface area contributed by atoms with Crippen LogP contribution in [0.4, 0.5) is 0 Å². The molecule has 3 rings (SSSR count). The minimum Gasteiger partial charge on any atom is -0.307 e. The summed E-state index contributed by atoms with van der Waals surface area (Å²) in [4.78, 5) is 0. The highest BCUT2D eigenvalue weighted by Gasteiger charge is 2.34. The second-order valence-electron chi connectivity index (χ2n) is 6.37. The van der Waals surface area contributed by atoms with Gasteiger partial charge in [0, 0.05) is 17.1 Å². The second-order valence-corrected chi connectivity index (χ2v) is 6.80. The van der Waals surface area contributed by atoms with Crippen molar-refractivity contribution in [3.05, 3.63) is 34.9 Å². The van der Waals surface area contributed by atoms with Crippen molar-refractivity contribution in [2.45, 2.75) is 57.5 Å². The highest BCUT2D eigenvalue weighted by molar-refractivity contribution is 6.30. The van der Waals surface area contributed by atoms with Crippen LogP contribution in [-0.2, 0) is 0 Å². The molecule has 0 aromatic heterocycles. The van der Waals surface area contributed by atoms with Gasteiger partial charge in [-0.05, 0) is 62.1 Å². The molecular weight excluding hydrogens is 254 g/mol. The van der Waals surface area contributed by atoms with Crippen molar-refractivity contribution in [1.82, 2.24) is 5.32 Å². The van der Waals surface area contributed by atoms with Gasteiger partial charge in [-0.3, -0.25) is 0 Å². The van der Waals surface area contributed by atoms with Crippen molar-refractivity contribution in [3.8, 4) is 0 Å². The van der Waals surface area contributed by atoms with Crippen LogP contribution in [0, 0.1) is 11.8 Å². The zero-order valence-corrected chi connectivity index (χ0v) is 12.5. The summed E-state index contributed by atoms with van der Waals surface area (Å²) in [5.74, 6) is 1.72. The van der Waals surface area contributed by atoms with Crippen LogP contribution in [0.1, 0.15) is 57.1 Å². The first-order chi connectivity index (χ1) is 9.24. The van der Waals surface area contributed by atoms with Gasteiger partial charge in [-0.15, -0.1) is 0 Å². The molecule has 0 bridgehead atoms. The normalized spacial score (nSPS) is 23.5. The van der Waals surface area contributed by atoms with E-state index in [9.17, 15) is 0 Å². The second kappa shape index (κ2) is 5.85. The SMILES string of the molecule is CC(NC(c1ccc(Cl)cc1)C1CC1)C1CCCC1. The third-order valence-electron chi connectivity index (χ3n) is 4.87. The Morgan fingerprint density at radius 1 is 1.00 bits per heavy atom. The van der Waals surface area contributed by atoms with Crippen molar-refractivity contribution in [3.63, 3.8) is 0 Å². The molecule has 2 aliphatic carbocycles. The molecule has 2 aliphatic rings. The van der Waals surface area contributed by atoms with Crippen molar-refractivity contribution in [2.24, 2.45) is 11.8 Å². The Bertz CT molecular complexity index is 404. The van der Waals surface area contributed by atoms with E-state index < -0.39 is 0 Å². The molecule has 0 aliphatic heterocycles. The molecule has 1 aromatic carbocycles. The molecule has 1 aromatic rings. The maximum atomic E-state index is 6.00. The highest BCUT2D eigenvalue weighted by atomic mass is 35.5. The van der Waals surface area contributed by atoms with Crippen LogP contribution in [0.15, 0.2) is 24.3 Å². The van der Waals surface area contributed by atoms with Gasteiger partial charge in [-0.25, -0.2) is 0 Å². The topological polar surface area (TPSA) is 12.0 Å². The van der Waals surface area contributed by atoms with Crippen LogP contribution in [0.2, 0.25) is 5.02 Å². The molecule has 104 valence electrons. The fraction of sp³-hybridized carbons (Fsp3) is 0.647. The van der Waals surface area contributed by atoms with E-state index in [2.05, 4.69) is 24.4 Å². The van der Waals surface area contributed by atoms with E-state index in [1.54, 1.807) is 0 Å². The van der Waals surface area contributed by atoms with Crippen molar-refractivity contribution >= 4 is 11.6 Å². The summed E-state index contributed by atoms with van der Waals surface area (Å²) < 4.78 is 0. The maximum absolute atomic E-state index is 6.00. The van der Waals surface area contributed by atoms with Gasteiger partial charge < -0.3 is 5.32 Å². The lowest BCUT2D eigenvalue weighted by Crippen LogP contribution is -2.36. The van der Waals surface area contributed by atoms with Gasteiger partial charge in [0.25, 0.3) is 0 Å². The molecule has 0 amide bonds. The first kappa shape index (κ1) is 13.5. The predicted octanol–water partition coefficient (Wildman–Crippen LogP) is 4.96. The third-order valence-corrected chi connectivity index (χ3v) is 5.12. The van der Waals surface area contributed by atoms with Gasteiger partial charge in [0.15, 0.2) is 0 Å². The highest BCUT2D eigenvalue weighted by Crippen LogP contribution is 2.42. The smallest absolute Gasteiger partial charge is 0.0406 e. The molecule has 0 spiro atoms. The molecule has 2 atom stereocenters. The summed E-state index contributed by atoms with van der Waals surface area (Å²) in [6.45, 7) is 2.38. The Hall–Kier alpha value is -0.530.